The van der Waals surface area contributed by atoms with Crippen LogP contribution in [-0.4, -0.2) is 24.1 Å². The third-order valence-electron chi connectivity index (χ3n) is 13.4. The molecule has 0 aliphatic heterocycles. The molecule has 0 bridgehead atoms. The van der Waals surface area contributed by atoms with E-state index in [1.807, 2.05) is 6.20 Å². The Kier molecular flexibility index (Phi) is 7.08. The monoisotopic (exact) mass is 812 g/mol. The zero-order chi connectivity index (χ0) is 42.0. The average molecular weight is 813 g/mol. The third kappa shape index (κ3) is 4.49. The van der Waals surface area contributed by atoms with Crippen molar-refractivity contribution in [2.75, 3.05) is 0 Å². The van der Waals surface area contributed by atoms with Gasteiger partial charge in [-0.25, -0.2) is 0 Å². The summed E-state index contributed by atoms with van der Waals surface area (Å²) >= 11 is 0. The number of benzene rings is 10. The molecule has 0 radical (unpaired) electrons. The molecule has 14 rings (SSSR count). The van der Waals surface area contributed by atoms with Crippen LogP contribution in [0.5, 0.6) is 0 Å². The molecule has 10 aromatic carbocycles. The van der Waals surface area contributed by atoms with E-state index in [1.54, 1.807) is 12.4 Å². The average Bonchev–Trinajstić information content (AvgIpc) is 3.89. The van der Waals surface area contributed by atoms with Gasteiger partial charge in [-0.3, -0.25) is 15.0 Å². The lowest BCUT2D eigenvalue weighted by atomic mass is 9.82. The van der Waals surface area contributed by atoms with Crippen LogP contribution in [0.2, 0.25) is 0 Å². The molecule has 294 valence electrons. The Morgan fingerprint density at radius 3 is 1.25 bits per heavy atom. The van der Waals surface area contributed by atoms with E-state index in [4.69, 9.17) is 15.0 Å². The first kappa shape index (κ1) is 34.8. The normalized spacial score (nSPS) is 12.0. The number of hydrogen-bond donors (Lipinski definition) is 0. The van der Waals surface area contributed by atoms with Crippen molar-refractivity contribution in [1.82, 2.24) is 24.1 Å². The van der Waals surface area contributed by atoms with E-state index in [2.05, 4.69) is 191 Å². The van der Waals surface area contributed by atoms with Crippen molar-refractivity contribution >= 4 is 87.1 Å². The van der Waals surface area contributed by atoms with E-state index in [9.17, 15) is 5.26 Å². The highest BCUT2D eigenvalue weighted by Crippen LogP contribution is 2.54. The minimum atomic E-state index is 0.555. The van der Waals surface area contributed by atoms with Gasteiger partial charge in [0.1, 0.15) is 11.6 Å². The topological polar surface area (TPSA) is 72.3 Å². The summed E-state index contributed by atoms with van der Waals surface area (Å²) in [5, 5.41) is 22.2. The Morgan fingerprint density at radius 1 is 0.328 bits per heavy atom. The molecule has 0 N–H and O–H groups in total. The van der Waals surface area contributed by atoms with Gasteiger partial charge < -0.3 is 9.13 Å². The lowest BCUT2D eigenvalue weighted by Gasteiger charge is -2.27. The molecule has 0 aliphatic carbocycles. The van der Waals surface area contributed by atoms with Crippen LogP contribution >= 0.6 is 0 Å². The van der Waals surface area contributed by atoms with E-state index in [0.717, 1.165) is 132 Å². The second kappa shape index (κ2) is 13.0. The van der Waals surface area contributed by atoms with Crippen LogP contribution in [-0.2, 0) is 0 Å². The van der Waals surface area contributed by atoms with Gasteiger partial charge in [0.2, 0.25) is 0 Å². The van der Waals surface area contributed by atoms with E-state index < -0.39 is 0 Å². The molecule has 0 spiro atoms. The molecule has 64 heavy (non-hydrogen) atoms. The fourth-order valence-corrected chi connectivity index (χ4v) is 11.0. The van der Waals surface area contributed by atoms with Crippen molar-refractivity contribution in [2.24, 2.45) is 0 Å². The van der Waals surface area contributed by atoms with Gasteiger partial charge in [0.05, 0.1) is 50.0 Å². The van der Waals surface area contributed by atoms with Gasteiger partial charge in [0, 0.05) is 73.0 Å². The summed E-state index contributed by atoms with van der Waals surface area (Å²) in [6, 6.07) is 65.0. The summed E-state index contributed by atoms with van der Waals surface area (Å²) in [6.07, 6.45) is 5.47. The van der Waals surface area contributed by atoms with Gasteiger partial charge in [-0.1, -0.05) is 152 Å². The van der Waals surface area contributed by atoms with Gasteiger partial charge in [-0.2, -0.15) is 5.26 Å². The molecule has 0 unspecified atom stereocenters. The summed E-state index contributed by atoms with van der Waals surface area (Å²) in [5.41, 5.74) is 14.8. The summed E-state index contributed by atoms with van der Waals surface area (Å²) in [7, 11) is 0. The highest BCUT2D eigenvalue weighted by Gasteiger charge is 2.33. The molecular weight excluding hydrogens is 781 g/mol. The smallest absolute Gasteiger partial charge is 0.104 e. The minimum Gasteiger partial charge on any atom is -0.307 e. The van der Waals surface area contributed by atoms with Crippen LogP contribution in [0, 0.1) is 11.3 Å². The molecule has 0 fully saturated rings. The van der Waals surface area contributed by atoms with E-state index in [1.165, 1.54) is 0 Å². The molecule has 4 heterocycles. The van der Waals surface area contributed by atoms with E-state index >= 15 is 0 Å². The first-order valence-corrected chi connectivity index (χ1v) is 21.5. The van der Waals surface area contributed by atoms with Crippen LogP contribution in [0.3, 0.4) is 0 Å². The number of nitrogens with zero attached hydrogens (tertiary/aromatic N) is 6. The van der Waals surface area contributed by atoms with Crippen molar-refractivity contribution in [3.8, 4) is 50.8 Å². The lowest BCUT2D eigenvalue weighted by Crippen LogP contribution is -2.11. The molecule has 4 aromatic heterocycles. The largest absolute Gasteiger partial charge is 0.307 e. The predicted octanol–water partition coefficient (Wildman–Crippen LogP) is 14.4. The summed E-state index contributed by atoms with van der Waals surface area (Å²) in [4.78, 5) is 14.9. The number of fused-ring (bicyclic) bond motifs is 6. The molecule has 0 saturated carbocycles. The minimum absolute atomic E-state index is 0.555. The number of nitriles is 1. The zero-order valence-corrected chi connectivity index (χ0v) is 34.2. The number of hydrogen-bond acceptors (Lipinski definition) is 4. The van der Waals surface area contributed by atoms with Crippen molar-refractivity contribution in [1.29, 1.82) is 5.26 Å². The van der Waals surface area contributed by atoms with Crippen molar-refractivity contribution in [3.05, 3.63) is 200 Å². The lowest BCUT2D eigenvalue weighted by molar-refractivity contribution is 1.12. The van der Waals surface area contributed by atoms with Crippen LogP contribution in [0.1, 0.15) is 5.56 Å². The molecule has 6 nitrogen and oxygen atoms in total. The standard InChI is InChI=1S/C58H32N6/c59-33-42-57(63-44-27-13-24-40-51(44)52-41(25-14-28-45(52)63)56-55(40)61-31-32-62-56)48(35-17-6-2-7-18-35)47(34-15-4-1-5-16-34)49(36-19-8-3-9-20-36)58(42)64-43-26-12-23-38-37-21-10-11-22-39(37)54-53(50(38)43)46(64)29-30-60-54/h1-32H. The zero-order valence-electron chi connectivity index (χ0n) is 34.2. The first-order chi connectivity index (χ1) is 31.8. The Balaban J connectivity index is 1.30. The molecule has 0 amide bonds. The highest BCUT2D eigenvalue weighted by atomic mass is 15.0. The quantitative estimate of drug-likeness (QED) is 0.162. The third-order valence-corrected chi connectivity index (χ3v) is 13.4. The van der Waals surface area contributed by atoms with Gasteiger partial charge in [0.25, 0.3) is 0 Å². The number of pyridine rings is 1. The second-order valence-corrected chi connectivity index (χ2v) is 16.5. The maximum absolute atomic E-state index is 12.3. The van der Waals surface area contributed by atoms with Gasteiger partial charge in [-0.05, 0) is 51.7 Å². The summed E-state index contributed by atoms with van der Waals surface area (Å²) in [6.45, 7) is 0. The summed E-state index contributed by atoms with van der Waals surface area (Å²) < 4.78 is 4.72. The van der Waals surface area contributed by atoms with Crippen molar-refractivity contribution < 1.29 is 0 Å². The van der Waals surface area contributed by atoms with Crippen LogP contribution in [0.15, 0.2) is 195 Å². The van der Waals surface area contributed by atoms with E-state index in [0.29, 0.717) is 5.56 Å². The maximum atomic E-state index is 12.3. The maximum Gasteiger partial charge on any atom is 0.104 e. The van der Waals surface area contributed by atoms with Gasteiger partial charge in [-0.15, -0.1) is 0 Å². The van der Waals surface area contributed by atoms with Gasteiger partial charge in [0.15, 0.2) is 0 Å². The fraction of sp³-hybridized carbons (Fsp3) is 0. The Morgan fingerprint density at radius 2 is 0.734 bits per heavy atom. The molecule has 14 aromatic rings. The van der Waals surface area contributed by atoms with Crippen molar-refractivity contribution in [2.45, 2.75) is 0 Å². The fourth-order valence-electron chi connectivity index (χ4n) is 11.0. The number of aromatic nitrogens is 5. The second-order valence-electron chi connectivity index (χ2n) is 16.5. The SMILES string of the molecule is N#Cc1c(-n2c3cccc4c5nccnc5c5cccc2c5c43)c(-c2ccccc2)c(-c2ccccc2)c(-c2ccccc2)c1-n1c2cccc3c4ccccc4c4nccc1c4c32. The van der Waals surface area contributed by atoms with E-state index in [-0.39, 0.29) is 0 Å². The van der Waals surface area contributed by atoms with Crippen molar-refractivity contribution in [3.63, 3.8) is 0 Å². The Hall–Kier alpha value is -8.92. The summed E-state index contributed by atoms with van der Waals surface area (Å²) in [5.74, 6) is 0. The molecule has 0 atom stereocenters. The Bertz CT molecular complexity index is 3820. The van der Waals surface area contributed by atoms with Crippen LogP contribution < -0.4 is 0 Å². The molecule has 0 aliphatic rings. The predicted molar refractivity (Wildman–Crippen MR) is 262 cm³/mol. The Labute approximate surface area is 365 Å². The highest BCUT2D eigenvalue weighted by molar-refractivity contribution is 6.35. The number of rotatable bonds is 5. The van der Waals surface area contributed by atoms with Crippen LogP contribution in [0.4, 0.5) is 0 Å². The molecule has 0 saturated heterocycles. The van der Waals surface area contributed by atoms with Gasteiger partial charge >= 0.3 is 0 Å². The molecule has 6 heteroatoms. The molecular formula is C58H32N6. The van der Waals surface area contributed by atoms with Crippen LogP contribution in [0.25, 0.3) is 132 Å². The first-order valence-electron chi connectivity index (χ1n) is 21.5.